The largest absolute Gasteiger partial charge is 0.493 e. The molecule has 2 aliphatic heterocycles. The molecule has 0 saturated carbocycles. The first-order chi connectivity index (χ1) is 8.45. The quantitative estimate of drug-likeness (QED) is 0.713. The van der Waals surface area contributed by atoms with E-state index in [1.54, 1.807) is 6.92 Å². The third kappa shape index (κ3) is 1.63. The lowest BCUT2D eigenvalue weighted by Crippen LogP contribution is -2.51. The van der Waals surface area contributed by atoms with Gasteiger partial charge in [0, 0.05) is 13.1 Å². The molecule has 2 aliphatic rings. The second-order valence-corrected chi connectivity index (χ2v) is 6.18. The molecule has 1 atom stereocenters. The molecule has 2 rings (SSSR count). The third-order valence-corrected chi connectivity index (χ3v) is 5.48. The molecule has 0 aromatic rings. The van der Waals surface area contributed by atoms with Crippen LogP contribution in [-0.2, 0) is 19.6 Å². The lowest BCUT2D eigenvalue weighted by molar-refractivity contribution is -0.138. The summed E-state index contributed by atoms with van der Waals surface area (Å²) in [5, 5.41) is 9.30. The van der Waals surface area contributed by atoms with Crippen LogP contribution in [0.4, 0.5) is 0 Å². The molecule has 8 heteroatoms. The zero-order valence-corrected chi connectivity index (χ0v) is 11.1. The number of carbonyl (C=O) groups is 1. The summed E-state index contributed by atoms with van der Waals surface area (Å²) in [5.41, 5.74) is -0.293. The summed E-state index contributed by atoms with van der Waals surface area (Å²) in [5.74, 6) is -1.15. The molecule has 0 bridgehead atoms. The lowest BCUT2D eigenvalue weighted by atomic mass is 10.4. The Balaban J connectivity index is 2.59. The van der Waals surface area contributed by atoms with Crippen LogP contribution in [0.25, 0.3) is 0 Å². The molecule has 0 aliphatic carbocycles. The SMILES string of the molecule is CCN1C(C(=O)OC)=C(O)N2CCCC2S1(=O)=O. The highest BCUT2D eigenvalue weighted by Crippen LogP contribution is 2.35. The number of methoxy groups -OCH3 is 1. The molecule has 0 aromatic carbocycles. The molecule has 1 fully saturated rings. The average molecular weight is 276 g/mol. The molecule has 2 heterocycles. The van der Waals surface area contributed by atoms with Gasteiger partial charge in [0.05, 0.1) is 7.11 Å². The highest BCUT2D eigenvalue weighted by molar-refractivity contribution is 7.89. The minimum Gasteiger partial charge on any atom is -0.493 e. The van der Waals surface area contributed by atoms with Crippen LogP contribution in [0.5, 0.6) is 0 Å². The number of ether oxygens (including phenoxy) is 1. The van der Waals surface area contributed by atoms with Crippen molar-refractivity contribution in [1.29, 1.82) is 0 Å². The Morgan fingerprint density at radius 2 is 2.22 bits per heavy atom. The topological polar surface area (TPSA) is 87.2 Å². The second-order valence-electron chi connectivity index (χ2n) is 4.16. The van der Waals surface area contributed by atoms with Crippen LogP contribution in [0.3, 0.4) is 0 Å². The molecule has 102 valence electrons. The number of esters is 1. The number of hydrogen-bond acceptors (Lipinski definition) is 6. The number of carbonyl (C=O) groups excluding carboxylic acids is 1. The van der Waals surface area contributed by atoms with Gasteiger partial charge in [-0.15, -0.1) is 0 Å². The van der Waals surface area contributed by atoms with Crippen LogP contribution in [0.15, 0.2) is 11.6 Å². The molecule has 7 nitrogen and oxygen atoms in total. The van der Waals surface area contributed by atoms with Gasteiger partial charge in [0.15, 0.2) is 11.1 Å². The zero-order chi connectivity index (χ0) is 13.5. The van der Waals surface area contributed by atoms with Crippen LogP contribution >= 0.6 is 0 Å². The smallest absolute Gasteiger partial charge is 0.360 e. The molecule has 1 unspecified atom stereocenters. The molecular weight excluding hydrogens is 260 g/mol. The van der Waals surface area contributed by atoms with Crippen molar-refractivity contribution in [2.45, 2.75) is 25.1 Å². The highest BCUT2D eigenvalue weighted by atomic mass is 32.2. The summed E-state index contributed by atoms with van der Waals surface area (Å²) in [6.07, 6.45) is 1.12. The Bertz CT molecular complexity index is 498. The fourth-order valence-electron chi connectivity index (χ4n) is 2.44. The van der Waals surface area contributed by atoms with E-state index in [4.69, 9.17) is 0 Å². The maximum atomic E-state index is 12.3. The Morgan fingerprint density at radius 1 is 1.56 bits per heavy atom. The van der Waals surface area contributed by atoms with Gasteiger partial charge >= 0.3 is 5.97 Å². The minimum atomic E-state index is -3.65. The van der Waals surface area contributed by atoms with Crippen molar-refractivity contribution >= 4 is 16.0 Å². The van der Waals surface area contributed by atoms with Gasteiger partial charge in [0.1, 0.15) is 0 Å². The van der Waals surface area contributed by atoms with Crippen molar-refractivity contribution in [3.05, 3.63) is 11.6 Å². The summed E-state index contributed by atoms with van der Waals surface area (Å²) in [6.45, 7) is 2.12. The van der Waals surface area contributed by atoms with Crippen molar-refractivity contribution in [2.75, 3.05) is 20.2 Å². The van der Waals surface area contributed by atoms with E-state index in [-0.39, 0.29) is 18.1 Å². The summed E-state index contributed by atoms with van der Waals surface area (Å²) in [6, 6.07) is 0. The van der Waals surface area contributed by atoms with E-state index in [2.05, 4.69) is 4.74 Å². The van der Waals surface area contributed by atoms with Gasteiger partial charge in [0.2, 0.25) is 5.88 Å². The van der Waals surface area contributed by atoms with Crippen LogP contribution in [0.1, 0.15) is 19.8 Å². The van der Waals surface area contributed by atoms with Gasteiger partial charge in [-0.2, -0.15) is 0 Å². The van der Waals surface area contributed by atoms with E-state index in [0.29, 0.717) is 19.4 Å². The number of aliphatic hydroxyl groups excluding tert-OH is 1. The first kappa shape index (κ1) is 13.0. The number of rotatable bonds is 2. The van der Waals surface area contributed by atoms with Crippen molar-refractivity contribution < 1.29 is 23.1 Å². The highest BCUT2D eigenvalue weighted by Gasteiger charge is 2.48. The van der Waals surface area contributed by atoms with E-state index < -0.39 is 21.4 Å². The normalized spacial score (nSPS) is 26.2. The third-order valence-electron chi connectivity index (χ3n) is 3.25. The molecule has 0 aromatic heterocycles. The molecule has 1 N–H and O–H groups in total. The monoisotopic (exact) mass is 276 g/mol. The van der Waals surface area contributed by atoms with Gasteiger partial charge in [-0.25, -0.2) is 13.2 Å². The maximum absolute atomic E-state index is 12.3. The number of sulfonamides is 1. The van der Waals surface area contributed by atoms with Crippen LogP contribution < -0.4 is 0 Å². The van der Waals surface area contributed by atoms with E-state index >= 15 is 0 Å². The van der Waals surface area contributed by atoms with Crippen LogP contribution in [0.2, 0.25) is 0 Å². The first-order valence-corrected chi connectivity index (χ1v) is 7.25. The van der Waals surface area contributed by atoms with Gasteiger partial charge in [0.25, 0.3) is 10.0 Å². The van der Waals surface area contributed by atoms with Crippen molar-refractivity contribution in [3.8, 4) is 0 Å². The Morgan fingerprint density at radius 3 is 2.78 bits per heavy atom. The minimum absolute atomic E-state index is 0.0845. The maximum Gasteiger partial charge on any atom is 0.360 e. The lowest BCUT2D eigenvalue weighted by Gasteiger charge is -2.37. The summed E-state index contributed by atoms with van der Waals surface area (Å²) in [4.78, 5) is 13.0. The van der Waals surface area contributed by atoms with E-state index in [0.717, 1.165) is 11.4 Å². The molecule has 18 heavy (non-hydrogen) atoms. The standard InChI is InChI=1S/C10H16N2O5S/c1-3-12-8(10(14)17-2)9(13)11-6-4-5-7(11)18(12,15)16/h7,13H,3-6H2,1-2H3. The first-order valence-electron chi connectivity index (χ1n) is 5.74. The number of fused-ring (bicyclic) bond motifs is 1. The van der Waals surface area contributed by atoms with Crippen LogP contribution in [-0.4, -0.2) is 54.3 Å². The Labute approximate surface area is 106 Å². The van der Waals surface area contributed by atoms with Gasteiger partial charge in [-0.3, -0.25) is 4.31 Å². The molecular formula is C10H16N2O5S. The molecule has 0 radical (unpaired) electrons. The summed E-state index contributed by atoms with van der Waals surface area (Å²) < 4.78 is 30.1. The Hall–Kier alpha value is -1.44. The van der Waals surface area contributed by atoms with E-state index in [1.165, 1.54) is 4.90 Å². The second kappa shape index (κ2) is 4.34. The van der Waals surface area contributed by atoms with E-state index in [9.17, 15) is 18.3 Å². The number of aliphatic hydroxyl groups is 1. The van der Waals surface area contributed by atoms with Gasteiger partial charge in [-0.05, 0) is 19.8 Å². The van der Waals surface area contributed by atoms with Crippen molar-refractivity contribution in [3.63, 3.8) is 0 Å². The zero-order valence-electron chi connectivity index (χ0n) is 10.3. The van der Waals surface area contributed by atoms with Crippen molar-refractivity contribution in [2.24, 2.45) is 0 Å². The van der Waals surface area contributed by atoms with Crippen LogP contribution in [0, 0.1) is 0 Å². The number of likely N-dealkylation sites (N-methyl/N-ethyl adjacent to an activating group) is 1. The summed E-state index contributed by atoms with van der Waals surface area (Å²) in [7, 11) is -2.50. The van der Waals surface area contributed by atoms with E-state index in [1.807, 2.05) is 0 Å². The number of hydrogen-bond donors (Lipinski definition) is 1. The fourth-order valence-corrected chi connectivity index (χ4v) is 4.49. The van der Waals surface area contributed by atoms with Crippen molar-refractivity contribution in [1.82, 2.24) is 9.21 Å². The molecule has 1 saturated heterocycles. The molecule has 0 amide bonds. The summed E-state index contributed by atoms with van der Waals surface area (Å²) >= 11 is 0. The van der Waals surface area contributed by atoms with Gasteiger partial charge in [-0.1, -0.05) is 0 Å². The van der Waals surface area contributed by atoms with Gasteiger partial charge < -0.3 is 14.7 Å². The fraction of sp³-hybridized carbons (Fsp3) is 0.700. The predicted octanol–water partition coefficient (Wildman–Crippen LogP) is -0.0263. The number of nitrogens with zero attached hydrogens (tertiary/aromatic N) is 2. The average Bonchev–Trinajstić information content (AvgIpc) is 2.82. The predicted molar refractivity (Wildman–Crippen MR) is 62.7 cm³/mol. The molecule has 0 spiro atoms. The Kier molecular flexibility index (Phi) is 3.14.